The van der Waals surface area contributed by atoms with Gasteiger partial charge in [-0.1, -0.05) is 12.1 Å². The molecule has 2 aliphatic heterocycles. The Morgan fingerprint density at radius 2 is 1.96 bits per heavy atom. The summed E-state index contributed by atoms with van der Waals surface area (Å²) in [5, 5.41) is 2.83. The van der Waals surface area contributed by atoms with Crippen molar-refractivity contribution in [2.75, 3.05) is 18.1 Å². The molecule has 6 heteroatoms. The predicted octanol–water partition coefficient (Wildman–Crippen LogP) is 2.70. The minimum absolute atomic E-state index is 0.0448. The van der Waals surface area contributed by atoms with E-state index in [2.05, 4.69) is 5.32 Å². The van der Waals surface area contributed by atoms with E-state index in [1.807, 2.05) is 13.0 Å². The molecule has 2 aliphatic rings. The number of rotatable bonds is 4. The molecule has 27 heavy (non-hydrogen) atoms. The molecule has 1 fully saturated rings. The monoisotopic (exact) mass is 364 g/mol. The number of aryl methyl sites for hydroxylation is 1. The molecule has 0 aromatic heterocycles. The lowest BCUT2D eigenvalue weighted by Crippen LogP contribution is -2.31. The molecule has 4 rings (SSSR count). The Morgan fingerprint density at radius 1 is 1.15 bits per heavy atom. The number of anilines is 1. The van der Waals surface area contributed by atoms with Crippen LogP contribution in [0.25, 0.3) is 0 Å². The first-order chi connectivity index (χ1) is 13.0. The Balaban J connectivity index is 1.56. The van der Waals surface area contributed by atoms with Gasteiger partial charge < -0.3 is 10.1 Å². The van der Waals surface area contributed by atoms with E-state index in [1.165, 1.54) is 6.07 Å². The van der Waals surface area contributed by atoms with Crippen LogP contribution in [0.15, 0.2) is 42.5 Å². The van der Waals surface area contributed by atoms with E-state index < -0.39 is 5.91 Å². The summed E-state index contributed by atoms with van der Waals surface area (Å²) in [6.45, 7) is 3.07. The normalized spacial score (nSPS) is 18.7. The van der Waals surface area contributed by atoms with Crippen molar-refractivity contribution in [2.45, 2.75) is 25.9 Å². The van der Waals surface area contributed by atoms with E-state index in [1.54, 1.807) is 30.3 Å². The second-order valence-corrected chi connectivity index (χ2v) is 6.89. The maximum atomic E-state index is 12.8. The number of carbonyl (C=O) groups is 3. The van der Waals surface area contributed by atoms with Gasteiger partial charge in [0, 0.05) is 18.7 Å². The lowest BCUT2D eigenvalue weighted by Gasteiger charge is -2.14. The second kappa shape index (κ2) is 6.96. The molecule has 0 bridgehead atoms. The SMILES string of the molecule is Cc1cccc(N2C(=O)c3ccc(C(=O)NC[C@@H]4CCCO4)cc3C2=O)c1. The summed E-state index contributed by atoms with van der Waals surface area (Å²) < 4.78 is 5.50. The molecular weight excluding hydrogens is 344 g/mol. The Labute approximate surface area is 157 Å². The van der Waals surface area contributed by atoms with Crippen LogP contribution < -0.4 is 10.2 Å². The highest BCUT2D eigenvalue weighted by atomic mass is 16.5. The first-order valence-electron chi connectivity index (χ1n) is 9.04. The van der Waals surface area contributed by atoms with Crippen LogP contribution in [-0.4, -0.2) is 37.0 Å². The van der Waals surface area contributed by atoms with Crippen LogP contribution in [0, 0.1) is 6.92 Å². The fraction of sp³-hybridized carbons (Fsp3) is 0.286. The molecule has 0 aliphatic carbocycles. The topological polar surface area (TPSA) is 75.7 Å². The number of ether oxygens (including phenoxy) is 1. The third-order valence-corrected chi connectivity index (χ3v) is 4.92. The minimum Gasteiger partial charge on any atom is -0.376 e. The van der Waals surface area contributed by atoms with Crippen molar-refractivity contribution in [3.8, 4) is 0 Å². The van der Waals surface area contributed by atoms with Gasteiger partial charge in [-0.25, -0.2) is 4.90 Å². The van der Waals surface area contributed by atoms with E-state index in [0.29, 0.717) is 23.4 Å². The van der Waals surface area contributed by atoms with E-state index in [0.717, 1.165) is 29.9 Å². The summed E-state index contributed by atoms with van der Waals surface area (Å²) in [6.07, 6.45) is 1.98. The highest BCUT2D eigenvalue weighted by Crippen LogP contribution is 2.29. The van der Waals surface area contributed by atoms with Gasteiger partial charge in [-0.3, -0.25) is 14.4 Å². The summed E-state index contributed by atoms with van der Waals surface area (Å²) in [5.74, 6) is -1.05. The van der Waals surface area contributed by atoms with Gasteiger partial charge in [-0.2, -0.15) is 0 Å². The van der Waals surface area contributed by atoms with Gasteiger partial charge in [0.2, 0.25) is 0 Å². The first kappa shape index (κ1) is 17.4. The van der Waals surface area contributed by atoms with Crippen LogP contribution in [0.5, 0.6) is 0 Å². The van der Waals surface area contributed by atoms with Crippen LogP contribution in [-0.2, 0) is 4.74 Å². The van der Waals surface area contributed by atoms with Gasteiger partial charge in [0.25, 0.3) is 17.7 Å². The molecular formula is C21H20N2O4. The maximum absolute atomic E-state index is 12.8. The number of carbonyl (C=O) groups excluding carboxylic acids is 3. The van der Waals surface area contributed by atoms with Crippen LogP contribution in [0.3, 0.4) is 0 Å². The number of nitrogens with zero attached hydrogens (tertiary/aromatic N) is 1. The van der Waals surface area contributed by atoms with E-state index in [-0.39, 0.29) is 23.5 Å². The van der Waals surface area contributed by atoms with Crippen LogP contribution in [0.2, 0.25) is 0 Å². The summed E-state index contributed by atoms with van der Waals surface area (Å²) in [6, 6.07) is 11.8. The molecule has 0 radical (unpaired) electrons. The lowest BCUT2D eigenvalue weighted by atomic mass is 10.1. The fourth-order valence-corrected chi connectivity index (χ4v) is 3.50. The number of amides is 3. The third kappa shape index (κ3) is 3.24. The van der Waals surface area contributed by atoms with Gasteiger partial charge in [-0.05, 0) is 55.7 Å². The van der Waals surface area contributed by atoms with Crippen LogP contribution >= 0.6 is 0 Å². The number of fused-ring (bicyclic) bond motifs is 1. The predicted molar refractivity (Wildman–Crippen MR) is 100 cm³/mol. The molecule has 1 N–H and O–H groups in total. The van der Waals surface area contributed by atoms with Crippen LogP contribution in [0.4, 0.5) is 5.69 Å². The highest BCUT2D eigenvalue weighted by molar-refractivity contribution is 6.34. The summed E-state index contributed by atoms with van der Waals surface area (Å²) in [5.41, 5.74) is 2.42. The molecule has 0 saturated carbocycles. The molecule has 138 valence electrons. The van der Waals surface area contributed by atoms with Crippen molar-refractivity contribution in [3.63, 3.8) is 0 Å². The largest absolute Gasteiger partial charge is 0.376 e. The van der Waals surface area contributed by atoms with Gasteiger partial charge in [0.05, 0.1) is 22.9 Å². The zero-order valence-corrected chi connectivity index (χ0v) is 15.0. The van der Waals surface area contributed by atoms with Crippen molar-refractivity contribution in [2.24, 2.45) is 0 Å². The standard InChI is InChI=1S/C21H20N2O4/c1-13-4-2-5-15(10-13)23-20(25)17-8-7-14(11-18(17)21(23)26)19(24)22-12-16-6-3-9-27-16/h2,4-5,7-8,10-11,16H,3,6,9,12H2,1H3,(H,22,24)/t16-/m0/s1. The molecule has 2 aromatic rings. The smallest absolute Gasteiger partial charge is 0.266 e. The van der Waals surface area contributed by atoms with E-state index in [4.69, 9.17) is 4.74 Å². The number of benzene rings is 2. The summed E-state index contributed by atoms with van der Waals surface area (Å²) >= 11 is 0. The number of hydrogen-bond acceptors (Lipinski definition) is 4. The zero-order chi connectivity index (χ0) is 19.0. The Bertz CT molecular complexity index is 932. The van der Waals surface area contributed by atoms with Gasteiger partial charge in [0.1, 0.15) is 0 Å². The van der Waals surface area contributed by atoms with Crippen molar-refractivity contribution in [1.82, 2.24) is 5.32 Å². The van der Waals surface area contributed by atoms with Crippen molar-refractivity contribution in [3.05, 3.63) is 64.7 Å². The van der Waals surface area contributed by atoms with Gasteiger partial charge >= 0.3 is 0 Å². The fourth-order valence-electron chi connectivity index (χ4n) is 3.50. The Morgan fingerprint density at radius 3 is 2.70 bits per heavy atom. The lowest BCUT2D eigenvalue weighted by molar-refractivity contribution is 0.0857. The molecule has 2 heterocycles. The highest BCUT2D eigenvalue weighted by Gasteiger charge is 2.37. The first-order valence-corrected chi connectivity index (χ1v) is 9.04. The van der Waals surface area contributed by atoms with E-state index in [9.17, 15) is 14.4 Å². The van der Waals surface area contributed by atoms with Crippen molar-refractivity contribution >= 4 is 23.4 Å². The average Bonchev–Trinajstić information content (AvgIpc) is 3.27. The summed E-state index contributed by atoms with van der Waals surface area (Å²) in [4.78, 5) is 39.1. The van der Waals surface area contributed by atoms with Crippen LogP contribution in [0.1, 0.15) is 49.5 Å². The van der Waals surface area contributed by atoms with E-state index >= 15 is 0 Å². The van der Waals surface area contributed by atoms with Gasteiger partial charge in [0.15, 0.2) is 0 Å². The molecule has 1 saturated heterocycles. The Kier molecular flexibility index (Phi) is 4.49. The molecule has 0 spiro atoms. The number of nitrogens with one attached hydrogen (secondary N) is 1. The molecule has 3 amide bonds. The third-order valence-electron chi connectivity index (χ3n) is 4.92. The molecule has 6 nitrogen and oxygen atoms in total. The maximum Gasteiger partial charge on any atom is 0.266 e. The molecule has 0 unspecified atom stereocenters. The second-order valence-electron chi connectivity index (χ2n) is 6.89. The minimum atomic E-state index is -0.408. The number of imide groups is 1. The quantitative estimate of drug-likeness (QED) is 0.847. The molecule has 1 atom stereocenters. The summed E-state index contributed by atoms with van der Waals surface area (Å²) in [7, 11) is 0. The number of hydrogen-bond donors (Lipinski definition) is 1. The average molecular weight is 364 g/mol. The zero-order valence-electron chi connectivity index (χ0n) is 15.0. The molecule has 2 aromatic carbocycles. The Hall–Kier alpha value is -2.99. The van der Waals surface area contributed by atoms with Crippen molar-refractivity contribution in [1.29, 1.82) is 0 Å². The van der Waals surface area contributed by atoms with Gasteiger partial charge in [-0.15, -0.1) is 0 Å². The van der Waals surface area contributed by atoms with Crippen molar-refractivity contribution < 1.29 is 19.1 Å².